The Morgan fingerprint density at radius 3 is 2.52 bits per heavy atom. The molecule has 1 amide bonds. The SMILES string of the molecule is CC1CCN(c2ccc(NC(=O)c3cccn3Cc3ccccc3)cc2)C1. The Morgan fingerprint density at radius 1 is 1.04 bits per heavy atom. The fourth-order valence-corrected chi connectivity index (χ4v) is 3.66. The van der Waals surface area contributed by atoms with Gasteiger partial charge in [-0.2, -0.15) is 0 Å². The number of nitrogens with zero attached hydrogens (tertiary/aromatic N) is 2. The standard InChI is InChI=1S/C23H25N3O/c1-18-13-15-25(16-18)21-11-9-20(10-12-21)24-23(27)22-8-5-14-26(22)17-19-6-3-2-4-7-19/h2-12,14,18H,13,15-17H2,1H3,(H,24,27). The van der Waals surface area contributed by atoms with Gasteiger partial charge in [0.05, 0.1) is 0 Å². The smallest absolute Gasteiger partial charge is 0.272 e. The van der Waals surface area contributed by atoms with Crippen molar-refractivity contribution >= 4 is 17.3 Å². The summed E-state index contributed by atoms with van der Waals surface area (Å²) < 4.78 is 1.98. The van der Waals surface area contributed by atoms with E-state index in [0.29, 0.717) is 12.2 Å². The zero-order valence-corrected chi connectivity index (χ0v) is 15.6. The molecule has 3 aromatic rings. The minimum atomic E-state index is -0.0847. The van der Waals surface area contributed by atoms with Crippen LogP contribution in [0.15, 0.2) is 72.9 Å². The van der Waals surface area contributed by atoms with Crippen molar-refractivity contribution in [2.45, 2.75) is 19.9 Å². The number of nitrogens with one attached hydrogen (secondary N) is 1. The zero-order valence-electron chi connectivity index (χ0n) is 15.6. The minimum absolute atomic E-state index is 0.0847. The normalized spacial score (nSPS) is 16.5. The van der Waals surface area contributed by atoms with Crippen molar-refractivity contribution in [3.8, 4) is 0 Å². The van der Waals surface area contributed by atoms with Crippen molar-refractivity contribution in [1.29, 1.82) is 0 Å². The van der Waals surface area contributed by atoms with Crippen LogP contribution in [-0.4, -0.2) is 23.6 Å². The predicted molar refractivity (Wildman–Crippen MR) is 110 cm³/mol. The summed E-state index contributed by atoms with van der Waals surface area (Å²) in [5.41, 5.74) is 3.89. The third kappa shape index (κ3) is 4.05. The molecule has 4 rings (SSSR count). The van der Waals surface area contributed by atoms with E-state index in [4.69, 9.17) is 0 Å². The Morgan fingerprint density at radius 2 is 1.81 bits per heavy atom. The maximum absolute atomic E-state index is 12.7. The highest BCUT2D eigenvalue weighted by Gasteiger charge is 2.19. The molecule has 1 aliphatic heterocycles. The van der Waals surface area contributed by atoms with E-state index in [9.17, 15) is 4.79 Å². The minimum Gasteiger partial charge on any atom is -0.371 e. The molecule has 2 aromatic carbocycles. The van der Waals surface area contributed by atoms with E-state index in [-0.39, 0.29) is 5.91 Å². The number of hydrogen-bond donors (Lipinski definition) is 1. The highest BCUT2D eigenvalue weighted by atomic mass is 16.1. The molecular weight excluding hydrogens is 334 g/mol. The topological polar surface area (TPSA) is 37.3 Å². The molecule has 0 saturated carbocycles. The lowest BCUT2D eigenvalue weighted by Crippen LogP contribution is -2.19. The van der Waals surface area contributed by atoms with Crippen molar-refractivity contribution in [2.24, 2.45) is 5.92 Å². The van der Waals surface area contributed by atoms with Crippen LogP contribution in [0.2, 0.25) is 0 Å². The molecule has 0 aliphatic carbocycles. The lowest BCUT2D eigenvalue weighted by molar-refractivity contribution is 0.101. The Labute approximate surface area is 160 Å². The van der Waals surface area contributed by atoms with Gasteiger partial charge in [-0.1, -0.05) is 37.3 Å². The summed E-state index contributed by atoms with van der Waals surface area (Å²) in [6, 6.07) is 22.1. The Hall–Kier alpha value is -3.01. The summed E-state index contributed by atoms with van der Waals surface area (Å²) in [7, 11) is 0. The average Bonchev–Trinajstić information content (AvgIpc) is 3.32. The fourth-order valence-electron chi connectivity index (χ4n) is 3.66. The first kappa shape index (κ1) is 17.4. The van der Waals surface area contributed by atoms with Crippen LogP contribution in [0.4, 0.5) is 11.4 Å². The quantitative estimate of drug-likeness (QED) is 0.721. The molecule has 4 heteroatoms. The second-order valence-electron chi connectivity index (χ2n) is 7.35. The molecular formula is C23H25N3O. The molecule has 27 heavy (non-hydrogen) atoms. The maximum Gasteiger partial charge on any atom is 0.272 e. The Kier molecular flexibility index (Phi) is 4.97. The van der Waals surface area contributed by atoms with Crippen LogP contribution in [0.5, 0.6) is 0 Å². The van der Waals surface area contributed by atoms with Crippen LogP contribution in [0.1, 0.15) is 29.4 Å². The molecule has 0 spiro atoms. The lowest BCUT2D eigenvalue weighted by Gasteiger charge is -2.18. The van der Waals surface area contributed by atoms with Crippen molar-refractivity contribution in [1.82, 2.24) is 4.57 Å². The second kappa shape index (κ2) is 7.70. The molecule has 1 atom stereocenters. The molecule has 1 aliphatic rings. The van der Waals surface area contributed by atoms with Crippen LogP contribution in [0, 0.1) is 5.92 Å². The highest BCUT2D eigenvalue weighted by molar-refractivity contribution is 6.03. The van der Waals surface area contributed by atoms with Gasteiger partial charge in [0.25, 0.3) is 5.91 Å². The number of anilines is 2. The van der Waals surface area contributed by atoms with E-state index in [0.717, 1.165) is 24.7 Å². The van der Waals surface area contributed by atoms with Gasteiger partial charge < -0.3 is 14.8 Å². The zero-order chi connectivity index (χ0) is 18.6. The van der Waals surface area contributed by atoms with Crippen LogP contribution in [-0.2, 0) is 6.54 Å². The molecule has 2 heterocycles. The number of hydrogen-bond acceptors (Lipinski definition) is 2. The van der Waals surface area contributed by atoms with Crippen molar-refractivity contribution < 1.29 is 4.79 Å². The van der Waals surface area contributed by atoms with Gasteiger partial charge in [-0.25, -0.2) is 0 Å². The van der Waals surface area contributed by atoms with E-state index < -0.39 is 0 Å². The summed E-state index contributed by atoms with van der Waals surface area (Å²) in [5, 5.41) is 3.02. The third-order valence-electron chi connectivity index (χ3n) is 5.17. The number of carbonyl (C=O) groups is 1. The Bertz CT molecular complexity index is 899. The number of carbonyl (C=O) groups excluding carboxylic acids is 1. The first-order valence-electron chi connectivity index (χ1n) is 9.54. The lowest BCUT2D eigenvalue weighted by atomic mass is 10.2. The molecule has 1 saturated heterocycles. The third-order valence-corrected chi connectivity index (χ3v) is 5.17. The average molecular weight is 359 g/mol. The largest absolute Gasteiger partial charge is 0.371 e. The van der Waals surface area contributed by atoms with Crippen molar-refractivity contribution in [3.05, 3.63) is 84.2 Å². The number of amides is 1. The van der Waals surface area contributed by atoms with Crippen LogP contribution >= 0.6 is 0 Å². The van der Waals surface area contributed by atoms with Crippen LogP contribution in [0.3, 0.4) is 0 Å². The van der Waals surface area contributed by atoms with Gasteiger partial charge in [-0.15, -0.1) is 0 Å². The Balaban J connectivity index is 1.43. The van der Waals surface area contributed by atoms with Gasteiger partial charge in [0.15, 0.2) is 0 Å². The van der Waals surface area contributed by atoms with Gasteiger partial charge in [0.2, 0.25) is 0 Å². The summed E-state index contributed by atoms with van der Waals surface area (Å²) in [6.07, 6.45) is 3.19. The molecule has 1 fully saturated rings. The highest BCUT2D eigenvalue weighted by Crippen LogP contribution is 2.25. The summed E-state index contributed by atoms with van der Waals surface area (Å²) in [6.45, 7) is 5.19. The first-order valence-corrected chi connectivity index (χ1v) is 9.54. The monoisotopic (exact) mass is 359 g/mol. The molecule has 1 N–H and O–H groups in total. The van der Waals surface area contributed by atoms with Gasteiger partial charge >= 0.3 is 0 Å². The van der Waals surface area contributed by atoms with Crippen molar-refractivity contribution in [3.63, 3.8) is 0 Å². The van der Waals surface area contributed by atoms with E-state index in [1.807, 2.05) is 53.2 Å². The molecule has 4 nitrogen and oxygen atoms in total. The van der Waals surface area contributed by atoms with Crippen molar-refractivity contribution in [2.75, 3.05) is 23.3 Å². The van der Waals surface area contributed by atoms with Crippen LogP contribution < -0.4 is 10.2 Å². The summed E-state index contributed by atoms with van der Waals surface area (Å²) in [4.78, 5) is 15.1. The van der Waals surface area contributed by atoms with Gasteiger partial charge in [0, 0.05) is 37.2 Å². The second-order valence-corrected chi connectivity index (χ2v) is 7.35. The summed E-state index contributed by atoms with van der Waals surface area (Å²) in [5.74, 6) is 0.667. The molecule has 1 unspecified atom stereocenters. The van der Waals surface area contributed by atoms with E-state index >= 15 is 0 Å². The molecule has 0 bridgehead atoms. The van der Waals surface area contributed by atoms with Gasteiger partial charge in [0.1, 0.15) is 5.69 Å². The van der Waals surface area contributed by atoms with E-state index in [1.54, 1.807) is 0 Å². The predicted octanol–water partition coefficient (Wildman–Crippen LogP) is 4.63. The fraction of sp³-hybridized carbons (Fsp3) is 0.261. The first-order chi connectivity index (χ1) is 13.2. The van der Waals surface area contributed by atoms with Gasteiger partial charge in [-0.05, 0) is 54.3 Å². The molecule has 0 radical (unpaired) electrons. The number of aromatic nitrogens is 1. The number of benzene rings is 2. The molecule has 1 aromatic heterocycles. The van der Waals surface area contributed by atoms with Crippen LogP contribution in [0.25, 0.3) is 0 Å². The maximum atomic E-state index is 12.7. The van der Waals surface area contributed by atoms with Gasteiger partial charge in [-0.3, -0.25) is 4.79 Å². The molecule has 138 valence electrons. The van der Waals surface area contributed by atoms with E-state index in [2.05, 4.69) is 41.4 Å². The summed E-state index contributed by atoms with van der Waals surface area (Å²) >= 11 is 0. The number of rotatable bonds is 5. The van der Waals surface area contributed by atoms with E-state index in [1.165, 1.54) is 17.7 Å².